The van der Waals surface area contributed by atoms with Gasteiger partial charge in [0.2, 0.25) is 0 Å². The monoisotopic (exact) mass is 378 g/mol. The summed E-state index contributed by atoms with van der Waals surface area (Å²) in [7, 11) is 0. The van der Waals surface area contributed by atoms with E-state index in [0.717, 1.165) is 33.4 Å². The molecule has 140 valence electrons. The highest BCUT2D eigenvalue weighted by molar-refractivity contribution is 6.21. The molecule has 0 radical (unpaired) electrons. The van der Waals surface area contributed by atoms with E-state index in [4.69, 9.17) is 4.99 Å². The lowest BCUT2D eigenvalue weighted by Gasteiger charge is -2.08. The lowest BCUT2D eigenvalue weighted by Crippen LogP contribution is -2.02. The fourth-order valence-electron chi connectivity index (χ4n) is 3.51. The summed E-state index contributed by atoms with van der Waals surface area (Å²) < 4.78 is 0. The van der Waals surface area contributed by atoms with Crippen molar-refractivity contribution in [2.45, 2.75) is 0 Å². The number of hydrogen-bond donors (Lipinski definition) is 3. The maximum atomic E-state index is 10.7. The molecule has 2 aromatic heterocycles. The van der Waals surface area contributed by atoms with Crippen molar-refractivity contribution in [2.24, 2.45) is 4.99 Å². The second-order valence-corrected chi connectivity index (χ2v) is 6.74. The van der Waals surface area contributed by atoms with E-state index in [9.17, 15) is 5.11 Å². The molecule has 5 nitrogen and oxygen atoms in total. The molecule has 0 bridgehead atoms. The number of aromatic nitrogens is 3. The van der Waals surface area contributed by atoms with E-state index in [2.05, 4.69) is 15.0 Å². The van der Waals surface area contributed by atoms with Gasteiger partial charge in [-0.2, -0.15) is 0 Å². The fourth-order valence-corrected chi connectivity index (χ4v) is 3.51. The highest BCUT2D eigenvalue weighted by atomic mass is 16.3. The van der Waals surface area contributed by atoms with Crippen LogP contribution < -0.4 is 0 Å². The first-order chi connectivity index (χ1) is 14.3. The standard InChI is InChI=1S/C24H18N4O/c29-24-22(19-11-4-5-12-20(19)28-24)23(16-7-2-1-3-8-16)27-18-10-6-9-17(13-18)21-14-25-15-26-21/h1-15,28-29H,(H,25,26). The summed E-state index contributed by atoms with van der Waals surface area (Å²) in [5.41, 5.74) is 5.92. The molecule has 0 fully saturated rings. The molecule has 0 aliphatic heterocycles. The number of fused-ring (bicyclic) bond motifs is 1. The van der Waals surface area contributed by atoms with Crippen LogP contribution in [0.3, 0.4) is 0 Å². The zero-order chi connectivity index (χ0) is 19.6. The summed E-state index contributed by atoms with van der Waals surface area (Å²) >= 11 is 0. The fraction of sp³-hybridized carbons (Fsp3) is 0. The third-order valence-corrected chi connectivity index (χ3v) is 4.87. The minimum absolute atomic E-state index is 0.110. The van der Waals surface area contributed by atoms with Gasteiger partial charge in [-0.15, -0.1) is 0 Å². The molecular weight excluding hydrogens is 360 g/mol. The van der Waals surface area contributed by atoms with Crippen molar-refractivity contribution in [1.82, 2.24) is 15.0 Å². The van der Waals surface area contributed by atoms with Crippen LogP contribution in [0.25, 0.3) is 22.2 Å². The Hall–Kier alpha value is -4.12. The number of H-pyrrole nitrogens is 2. The number of benzene rings is 3. The minimum Gasteiger partial charge on any atom is -0.494 e. The van der Waals surface area contributed by atoms with Crippen LogP contribution in [-0.4, -0.2) is 25.8 Å². The lowest BCUT2D eigenvalue weighted by atomic mass is 10.0. The van der Waals surface area contributed by atoms with Gasteiger partial charge in [0, 0.05) is 22.0 Å². The van der Waals surface area contributed by atoms with Crippen LogP contribution in [0.2, 0.25) is 0 Å². The molecule has 0 amide bonds. The van der Waals surface area contributed by atoms with Crippen LogP contribution in [0.1, 0.15) is 11.1 Å². The second-order valence-electron chi connectivity index (χ2n) is 6.74. The predicted octanol–water partition coefficient (Wildman–Crippen LogP) is 5.43. The molecule has 0 saturated heterocycles. The summed E-state index contributed by atoms with van der Waals surface area (Å²) in [5.74, 6) is 0.110. The van der Waals surface area contributed by atoms with Gasteiger partial charge < -0.3 is 15.1 Å². The first kappa shape index (κ1) is 17.0. The number of imidazole rings is 1. The molecule has 0 saturated carbocycles. The van der Waals surface area contributed by atoms with Crippen molar-refractivity contribution in [3.05, 3.63) is 103 Å². The molecule has 3 aromatic carbocycles. The molecule has 0 unspecified atom stereocenters. The topological polar surface area (TPSA) is 77.1 Å². The molecule has 0 spiro atoms. The van der Waals surface area contributed by atoms with Crippen LogP contribution in [-0.2, 0) is 0 Å². The van der Waals surface area contributed by atoms with Crippen LogP contribution in [0.4, 0.5) is 5.69 Å². The Labute approximate surface area is 167 Å². The van der Waals surface area contributed by atoms with E-state index in [1.54, 1.807) is 12.5 Å². The minimum atomic E-state index is 0.110. The first-order valence-corrected chi connectivity index (χ1v) is 9.32. The number of para-hydroxylation sites is 1. The smallest absolute Gasteiger partial charge is 0.199 e. The van der Waals surface area contributed by atoms with Crippen LogP contribution in [0.5, 0.6) is 5.88 Å². The third kappa shape index (κ3) is 3.19. The Kier molecular flexibility index (Phi) is 4.18. The van der Waals surface area contributed by atoms with Gasteiger partial charge in [0.25, 0.3) is 0 Å². The maximum Gasteiger partial charge on any atom is 0.199 e. The zero-order valence-electron chi connectivity index (χ0n) is 15.5. The molecule has 5 aromatic rings. The van der Waals surface area contributed by atoms with Gasteiger partial charge in [-0.3, -0.25) is 0 Å². The molecule has 2 heterocycles. The molecule has 5 heteroatoms. The van der Waals surface area contributed by atoms with Crippen molar-refractivity contribution in [2.75, 3.05) is 0 Å². The lowest BCUT2D eigenvalue weighted by molar-refractivity contribution is 0.457. The second kappa shape index (κ2) is 7.13. The molecule has 0 aliphatic rings. The molecular formula is C24H18N4O. The molecule has 0 atom stereocenters. The van der Waals surface area contributed by atoms with Gasteiger partial charge >= 0.3 is 0 Å². The average molecular weight is 378 g/mol. The van der Waals surface area contributed by atoms with E-state index >= 15 is 0 Å². The molecule has 0 aliphatic carbocycles. The summed E-state index contributed by atoms with van der Waals surface area (Å²) in [5, 5.41) is 11.6. The van der Waals surface area contributed by atoms with E-state index in [-0.39, 0.29) is 5.88 Å². The summed E-state index contributed by atoms with van der Waals surface area (Å²) in [6.45, 7) is 0. The largest absolute Gasteiger partial charge is 0.494 e. The number of aromatic amines is 2. The van der Waals surface area contributed by atoms with Crippen molar-refractivity contribution in [3.8, 4) is 17.1 Å². The molecule has 29 heavy (non-hydrogen) atoms. The number of nitrogens with one attached hydrogen (secondary N) is 2. The van der Waals surface area contributed by atoms with Crippen molar-refractivity contribution in [1.29, 1.82) is 0 Å². The Bertz CT molecular complexity index is 1300. The van der Waals surface area contributed by atoms with Crippen molar-refractivity contribution in [3.63, 3.8) is 0 Å². The van der Waals surface area contributed by atoms with Gasteiger partial charge in [0.15, 0.2) is 5.88 Å². The van der Waals surface area contributed by atoms with Gasteiger partial charge in [-0.1, -0.05) is 60.7 Å². The number of hydrogen-bond acceptors (Lipinski definition) is 3. The van der Waals surface area contributed by atoms with Gasteiger partial charge in [-0.25, -0.2) is 9.98 Å². The van der Waals surface area contributed by atoms with E-state index in [1.807, 2.05) is 78.9 Å². The van der Waals surface area contributed by atoms with Gasteiger partial charge in [0.05, 0.1) is 35.2 Å². The SMILES string of the molecule is Oc1[nH]c2ccccc2c1C(=Nc1cccc(-c2cnc[nH]2)c1)c1ccccc1. The number of rotatable bonds is 4. The first-order valence-electron chi connectivity index (χ1n) is 9.32. The number of aromatic hydroxyl groups is 1. The third-order valence-electron chi connectivity index (χ3n) is 4.87. The van der Waals surface area contributed by atoms with Crippen LogP contribution >= 0.6 is 0 Å². The Morgan fingerprint density at radius 1 is 0.897 bits per heavy atom. The zero-order valence-corrected chi connectivity index (χ0v) is 15.5. The normalized spacial score (nSPS) is 11.8. The average Bonchev–Trinajstić information content (AvgIpc) is 3.41. The van der Waals surface area contributed by atoms with Gasteiger partial charge in [0.1, 0.15) is 0 Å². The maximum absolute atomic E-state index is 10.7. The van der Waals surface area contributed by atoms with E-state index < -0.39 is 0 Å². The van der Waals surface area contributed by atoms with E-state index in [0.29, 0.717) is 11.3 Å². The van der Waals surface area contributed by atoms with Crippen LogP contribution in [0, 0.1) is 0 Å². The van der Waals surface area contributed by atoms with Crippen LogP contribution in [0.15, 0.2) is 96.4 Å². The summed E-state index contributed by atoms with van der Waals surface area (Å²) in [6.07, 6.45) is 3.44. The van der Waals surface area contributed by atoms with Gasteiger partial charge in [-0.05, 0) is 18.2 Å². The summed E-state index contributed by atoms with van der Waals surface area (Å²) in [6, 6.07) is 25.7. The van der Waals surface area contributed by atoms with Crippen molar-refractivity contribution >= 4 is 22.3 Å². The highest BCUT2D eigenvalue weighted by Crippen LogP contribution is 2.32. The Morgan fingerprint density at radius 2 is 1.72 bits per heavy atom. The molecule has 3 N–H and O–H groups in total. The molecule has 5 rings (SSSR count). The quantitative estimate of drug-likeness (QED) is 0.365. The Morgan fingerprint density at radius 3 is 2.55 bits per heavy atom. The number of aliphatic imine (C=N–C) groups is 1. The van der Waals surface area contributed by atoms with Crippen molar-refractivity contribution < 1.29 is 5.11 Å². The van der Waals surface area contributed by atoms with E-state index in [1.165, 1.54) is 0 Å². The predicted molar refractivity (Wildman–Crippen MR) is 116 cm³/mol. The highest BCUT2D eigenvalue weighted by Gasteiger charge is 2.18. The summed E-state index contributed by atoms with van der Waals surface area (Å²) in [4.78, 5) is 15.2. The Balaban J connectivity index is 1.72. The number of nitrogens with zero attached hydrogens (tertiary/aromatic N) is 2.